The number of nitrogens with zero attached hydrogens (tertiary/aromatic N) is 1. The van der Waals surface area contributed by atoms with Crippen molar-refractivity contribution in [3.63, 3.8) is 0 Å². The SMILES string of the molecule is CCCNC1(C(=O)OC)CCC(N(CC)C2CCCC2)C1. The van der Waals surface area contributed by atoms with Gasteiger partial charge in [0.2, 0.25) is 0 Å². The van der Waals surface area contributed by atoms with E-state index in [4.69, 9.17) is 4.74 Å². The molecule has 4 heteroatoms. The molecule has 4 nitrogen and oxygen atoms in total. The van der Waals surface area contributed by atoms with Crippen LogP contribution in [0.3, 0.4) is 0 Å². The maximum Gasteiger partial charge on any atom is 0.326 e. The van der Waals surface area contributed by atoms with E-state index in [1.165, 1.54) is 32.8 Å². The summed E-state index contributed by atoms with van der Waals surface area (Å²) < 4.78 is 5.10. The van der Waals surface area contributed by atoms with Gasteiger partial charge in [-0.1, -0.05) is 26.7 Å². The van der Waals surface area contributed by atoms with Crippen molar-refractivity contribution in [2.75, 3.05) is 20.2 Å². The predicted molar refractivity (Wildman–Crippen MR) is 85.3 cm³/mol. The molecule has 0 aromatic carbocycles. The number of ether oxygens (including phenoxy) is 1. The Balaban J connectivity index is 2.05. The normalized spacial score (nSPS) is 30.2. The van der Waals surface area contributed by atoms with Crippen LogP contribution in [-0.2, 0) is 9.53 Å². The van der Waals surface area contributed by atoms with Gasteiger partial charge in [0.1, 0.15) is 5.54 Å². The molecule has 1 N–H and O–H groups in total. The molecule has 2 aliphatic carbocycles. The van der Waals surface area contributed by atoms with Crippen LogP contribution in [0.25, 0.3) is 0 Å². The van der Waals surface area contributed by atoms with Crippen LogP contribution in [0.5, 0.6) is 0 Å². The fourth-order valence-electron chi connectivity index (χ4n) is 4.33. The lowest BCUT2D eigenvalue weighted by Crippen LogP contribution is -2.52. The maximum atomic E-state index is 12.3. The monoisotopic (exact) mass is 296 g/mol. The highest BCUT2D eigenvalue weighted by Crippen LogP contribution is 2.37. The number of carbonyl (C=O) groups is 1. The fraction of sp³-hybridized carbons (Fsp3) is 0.941. The molecule has 0 radical (unpaired) electrons. The van der Waals surface area contributed by atoms with E-state index >= 15 is 0 Å². The van der Waals surface area contributed by atoms with Crippen LogP contribution in [0.15, 0.2) is 0 Å². The summed E-state index contributed by atoms with van der Waals surface area (Å²) in [6, 6.07) is 1.26. The molecule has 0 saturated heterocycles. The van der Waals surface area contributed by atoms with Gasteiger partial charge in [0.05, 0.1) is 7.11 Å². The van der Waals surface area contributed by atoms with Crippen LogP contribution in [0.4, 0.5) is 0 Å². The van der Waals surface area contributed by atoms with Crippen molar-refractivity contribution in [3.05, 3.63) is 0 Å². The first-order valence-corrected chi connectivity index (χ1v) is 8.76. The van der Waals surface area contributed by atoms with Gasteiger partial charge in [-0.3, -0.25) is 9.69 Å². The smallest absolute Gasteiger partial charge is 0.326 e. The van der Waals surface area contributed by atoms with Crippen molar-refractivity contribution in [1.82, 2.24) is 10.2 Å². The molecule has 21 heavy (non-hydrogen) atoms. The number of nitrogens with one attached hydrogen (secondary N) is 1. The summed E-state index contributed by atoms with van der Waals surface area (Å²) in [4.78, 5) is 15.0. The predicted octanol–water partition coefficient (Wildman–Crippen LogP) is 2.71. The van der Waals surface area contributed by atoms with Crippen LogP contribution >= 0.6 is 0 Å². The summed E-state index contributed by atoms with van der Waals surface area (Å²) >= 11 is 0. The van der Waals surface area contributed by atoms with Gasteiger partial charge in [-0.05, 0) is 51.6 Å². The number of carbonyl (C=O) groups excluding carboxylic acids is 1. The minimum absolute atomic E-state index is 0.0686. The first kappa shape index (κ1) is 16.8. The van der Waals surface area contributed by atoms with Crippen molar-refractivity contribution < 1.29 is 9.53 Å². The highest BCUT2D eigenvalue weighted by molar-refractivity contribution is 5.81. The summed E-state index contributed by atoms with van der Waals surface area (Å²) in [6.45, 7) is 6.38. The molecule has 0 bridgehead atoms. The van der Waals surface area contributed by atoms with Gasteiger partial charge in [0, 0.05) is 12.1 Å². The van der Waals surface area contributed by atoms with Crippen LogP contribution in [0.1, 0.15) is 65.2 Å². The Morgan fingerprint density at radius 1 is 1.24 bits per heavy atom. The first-order chi connectivity index (χ1) is 10.2. The molecule has 2 saturated carbocycles. The number of methoxy groups -OCH3 is 1. The topological polar surface area (TPSA) is 41.6 Å². The van der Waals surface area contributed by atoms with Gasteiger partial charge in [-0.25, -0.2) is 0 Å². The van der Waals surface area contributed by atoms with E-state index < -0.39 is 5.54 Å². The summed E-state index contributed by atoms with van der Waals surface area (Å²) in [5.74, 6) is -0.0686. The lowest BCUT2D eigenvalue weighted by atomic mass is 9.96. The average Bonchev–Trinajstić information content (AvgIpc) is 3.16. The molecule has 0 amide bonds. The van der Waals surface area contributed by atoms with E-state index in [1.54, 1.807) is 0 Å². The van der Waals surface area contributed by atoms with E-state index in [9.17, 15) is 4.79 Å². The molecule has 122 valence electrons. The zero-order chi connectivity index (χ0) is 15.3. The quantitative estimate of drug-likeness (QED) is 0.734. The second kappa shape index (κ2) is 7.59. The molecule has 0 aromatic heterocycles. The summed E-state index contributed by atoms with van der Waals surface area (Å²) in [6.07, 6.45) is 9.36. The van der Waals surface area contributed by atoms with E-state index in [-0.39, 0.29) is 5.97 Å². The minimum atomic E-state index is -0.443. The van der Waals surface area contributed by atoms with E-state index in [1.807, 2.05) is 0 Å². The van der Waals surface area contributed by atoms with Crippen LogP contribution in [-0.4, -0.2) is 48.7 Å². The third kappa shape index (κ3) is 3.59. The van der Waals surface area contributed by atoms with Crippen LogP contribution in [0.2, 0.25) is 0 Å². The molecule has 0 heterocycles. The fourth-order valence-corrected chi connectivity index (χ4v) is 4.33. The van der Waals surface area contributed by atoms with Gasteiger partial charge < -0.3 is 10.1 Å². The first-order valence-electron chi connectivity index (χ1n) is 8.76. The Labute approximate surface area is 129 Å². The van der Waals surface area contributed by atoms with Crippen molar-refractivity contribution in [3.8, 4) is 0 Å². The second-order valence-corrected chi connectivity index (χ2v) is 6.67. The number of hydrogen-bond acceptors (Lipinski definition) is 4. The Morgan fingerprint density at radius 3 is 2.52 bits per heavy atom. The summed E-state index contributed by atoms with van der Waals surface area (Å²) in [5, 5.41) is 3.49. The van der Waals surface area contributed by atoms with Crippen molar-refractivity contribution in [2.45, 2.75) is 82.8 Å². The Bertz CT molecular complexity index is 342. The van der Waals surface area contributed by atoms with Crippen molar-refractivity contribution in [2.24, 2.45) is 0 Å². The standard InChI is InChI=1S/C17H32N2O2/c1-4-12-18-17(16(20)21-3)11-10-15(13-17)19(5-2)14-8-6-7-9-14/h14-15,18H,4-13H2,1-3H3. The second-order valence-electron chi connectivity index (χ2n) is 6.67. The van der Waals surface area contributed by atoms with Crippen molar-refractivity contribution in [1.29, 1.82) is 0 Å². The van der Waals surface area contributed by atoms with Crippen LogP contribution < -0.4 is 5.32 Å². The third-order valence-corrected chi connectivity index (χ3v) is 5.41. The lowest BCUT2D eigenvalue weighted by Gasteiger charge is -2.35. The lowest BCUT2D eigenvalue weighted by molar-refractivity contribution is -0.148. The Hall–Kier alpha value is -0.610. The number of rotatable bonds is 7. The molecule has 2 rings (SSSR count). The molecule has 0 aliphatic heterocycles. The highest BCUT2D eigenvalue weighted by Gasteiger charge is 2.48. The molecular weight excluding hydrogens is 264 g/mol. The molecule has 2 atom stereocenters. The molecular formula is C17H32N2O2. The minimum Gasteiger partial charge on any atom is -0.468 e. The molecule has 2 fully saturated rings. The Morgan fingerprint density at radius 2 is 1.95 bits per heavy atom. The van der Waals surface area contributed by atoms with Gasteiger partial charge in [-0.15, -0.1) is 0 Å². The maximum absolute atomic E-state index is 12.3. The zero-order valence-corrected chi connectivity index (χ0v) is 14.0. The summed E-state index contributed by atoms with van der Waals surface area (Å²) in [5.41, 5.74) is -0.443. The van der Waals surface area contributed by atoms with Crippen molar-refractivity contribution >= 4 is 5.97 Å². The van der Waals surface area contributed by atoms with Gasteiger partial charge in [0.25, 0.3) is 0 Å². The largest absolute Gasteiger partial charge is 0.468 e. The summed E-state index contributed by atoms with van der Waals surface area (Å²) in [7, 11) is 1.51. The molecule has 0 spiro atoms. The van der Waals surface area contributed by atoms with Gasteiger partial charge in [0.15, 0.2) is 0 Å². The van der Waals surface area contributed by atoms with Gasteiger partial charge >= 0.3 is 5.97 Å². The molecule has 2 unspecified atom stereocenters. The third-order valence-electron chi connectivity index (χ3n) is 5.41. The molecule has 0 aromatic rings. The number of hydrogen-bond donors (Lipinski definition) is 1. The van der Waals surface area contributed by atoms with Gasteiger partial charge in [-0.2, -0.15) is 0 Å². The average molecular weight is 296 g/mol. The van der Waals surface area contributed by atoms with Crippen LogP contribution in [0, 0.1) is 0 Å². The van der Waals surface area contributed by atoms with E-state index in [0.29, 0.717) is 6.04 Å². The zero-order valence-electron chi connectivity index (χ0n) is 14.0. The highest BCUT2D eigenvalue weighted by atomic mass is 16.5. The van der Waals surface area contributed by atoms with E-state index in [0.717, 1.165) is 44.8 Å². The van der Waals surface area contributed by atoms with E-state index in [2.05, 4.69) is 24.1 Å². The Kier molecular flexibility index (Phi) is 6.06. The molecule has 2 aliphatic rings. The number of esters is 1.